The van der Waals surface area contributed by atoms with Crippen LogP contribution in [0.15, 0.2) is 18.2 Å². The smallest absolute Gasteiger partial charge is 0.314 e. The zero-order valence-corrected chi connectivity index (χ0v) is 12.0. The van der Waals surface area contributed by atoms with E-state index in [1.165, 1.54) is 11.1 Å². The number of urea groups is 1. The second-order valence-corrected chi connectivity index (χ2v) is 5.46. The lowest BCUT2D eigenvalue weighted by Crippen LogP contribution is -2.38. The molecule has 0 atom stereocenters. The second kappa shape index (κ2) is 6.26. The van der Waals surface area contributed by atoms with Gasteiger partial charge in [0.25, 0.3) is 0 Å². The van der Waals surface area contributed by atoms with Crippen LogP contribution < -0.4 is 5.73 Å². The Morgan fingerprint density at radius 1 is 1.32 bits per heavy atom. The molecule has 1 fully saturated rings. The standard InChI is InChI=1S/C14H20ClN3O/c1-11-9-13(15)4-3-12(11)10-17-5-2-6-18(8-7-17)14(16)19/h3-4,9H,2,5-8,10H2,1H3,(H2,16,19). The number of hydrogen-bond donors (Lipinski definition) is 1. The third kappa shape index (κ3) is 3.85. The molecule has 1 aromatic carbocycles. The Kier molecular flexibility index (Phi) is 4.66. The molecule has 5 heteroatoms. The van der Waals surface area contributed by atoms with Crippen molar-refractivity contribution in [3.05, 3.63) is 34.3 Å². The van der Waals surface area contributed by atoms with E-state index in [0.29, 0.717) is 6.54 Å². The van der Waals surface area contributed by atoms with Gasteiger partial charge in [-0.1, -0.05) is 17.7 Å². The van der Waals surface area contributed by atoms with E-state index in [1.54, 1.807) is 4.90 Å². The number of halogens is 1. The van der Waals surface area contributed by atoms with Crippen molar-refractivity contribution in [2.45, 2.75) is 19.9 Å². The number of primary amides is 1. The van der Waals surface area contributed by atoms with Crippen LogP contribution in [0.1, 0.15) is 17.5 Å². The number of benzene rings is 1. The van der Waals surface area contributed by atoms with Crippen molar-refractivity contribution >= 4 is 17.6 Å². The Balaban J connectivity index is 1.97. The van der Waals surface area contributed by atoms with E-state index in [2.05, 4.69) is 17.9 Å². The summed E-state index contributed by atoms with van der Waals surface area (Å²) in [6.07, 6.45) is 0.968. The van der Waals surface area contributed by atoms with Crippen LogP contribution in [0.4, 0.5) is 4.79 Å². The van der Waals surface area contributed by atoms with Crippen molar-refractivity contribution < 1.29 is 4.79 Å². The number of hydrogen-bond acceptors (Lipinski definition) is 2. The summed E-state index contributed by atoms with van der Waals surface area (Å²) < 4.78 is 0. The average Bonchev–Trinajstić information content (AvgIpc) is 2.58. The Bertz CT molecular complexity index is 464. The van der Waals surface area contributed by atoms with Gasteiger partial charge in [-0.25, -0.2) is 4.79 Å². The first-order chi connectivity index (χ1) is 9.06. The molecule has 2 N–H and O–H groups in total. The maximum Gasteiger partial charge on any atom is 0.314 e. The molecule has 0 aromatic heterocycles. The van der Waals surface area contributed by atoms with Crippen molar-refractivity contribution in [2.24, 2.45) is 5.73 Å². The van der Waals surface area contributed by atoms with Gasteiger partial charge in [-0.05, 0) is 36.6 Å². The third-order valence-corrected chi connectivity index (χ3v) is 3.83. The van der Waals surface area contributed by atoms with E-state index in [1.807, 2.05) is 12.1 Å². The molecule has 1 aliphatic heterocycles. The van der Waals surface area contributed by atoms with Crippen LogP contribution in [-0.4, -0.2) is 42.0 Å². The van der Waals surface area contributed by atoms with Crippen molar-refractivity contribution in [3.8, 4) is 0 Å². The highest BCUT2D eigenvalue weighted by molar-refractivity contribution is 6.30. The first-order valence-corrected chi connectivity index (χ1v) is 6.96. The first kappa shape index (κ1) is 14.2. The van der Waals surface area contributed by atoms with Crippen molar-refractivity contribution in [2.75, 3.05) is 26.2 Å². The number of aryl methyl sites for hydroxylation is 1. The summed E-state index contributed by atoms with van der Waals surface area (Å²) in [5.74, 6) is 0. The van der Waals surface area contributed by atoms with Gasteiger partial charge in [0, 0.05) is 37.7 Å². The molecule has 1 aromatic rings. The first-order valence-electron chi connectivity index (χ1n) is 6.58. The summed E-state index contributed by atoms with van der Waals surface area (Å²) in [6, 6.07) is 5.68. The Labute approximate surface area is 119 Å². The van der Waals surface area contributed by atoms with E-state index in [4.69, 9.17) is 17.3 Å². The Hall–Kier alpha value is -1.26. The third-order valence-electron chi connectivity index (χ3n) is 3.60. The van der Waals surface area contributed by atoms with Gasteiger partial charge in [0.1, 0.15) is 0 Å². The highest BCUT2D eigenvalue weighted by Crippen LogP contribution is 2.17. The average molecular weight is 282 g/mol. The van der Waals surface area contributed by atoms with Gasteiger partial charge in [0.2, 0.25) is 0 Å². The molecule has 2 rings (SSSR count). The van der Waals surface area contributed by atoms with Crippen LogP contribution in [0, 0.1) is 6.92 Å². The topological polar surface area (TPSA) is 49.6 Å². The lowest BCUT2D eigenvalue weighted by atomic mass is 10.1. The normalized spacial score (nSPS) is 17.3. The molecule has 1 saturated heterocycles. The molecule has 2 amide bonds. The molecule has 0 bridgehead atoms. The molecule has 19 heavy (non-hydrogen) atoms. The number of carbonyl (C=O) groups excluding carboxylic acids is 1. The van der Waals surface area contributed by atoms with Crippen LogP contribution in [0.3, 0.4) is 0 Å². The van der Waals surface area contributed by atoms with E-state index < -0.39 is 0 Å². The zero-order chi connectivity index (χ0) is 13.8. The molecule has 0 spiro atoms. The highest BCUT2D eigenvalue weighted by Gasteiger charge is 2.17. The summed E-state index contributed by atoms with van der Waals surface area (Å²) in [5.41, 5.74) is 7.83. The molecule has 1 heterocycles. The van der Waals surface area contributed by atoms with E-state index in [9.17, 15) is 4.79 Å². The summed E-state index contributed by atoms with van der Waals surface area (Å²) >= 11 is 5.97. The van der Waals surface area contributed by atoms with Crippen molar-refractivity contribution in [3.63, 3.8) is 0 Å². The molecule has 0 aliphatic carbocycles. The van der Waals surface area contributed by atoms with Crippen LogP contribution in [0.2, 0.25) is 5.02 Å². The van der Waals surface area contributed by atoms with Crippen LogP contribution in [-0.2, 0) is 6.54 Å². The zero-order valence-electron chi connectivity index (χ0n) is 11.2. The molecule has 104 valence electrons. The number of nitrogens with two attached hydrogens (primary N) is 1. The van der Waals surface area contributed by atoms with Crippen molar-refractivity contribution in [1.29, 1.82) is 0 Å². The monoisotopic (exact) mass is 281 g/mol. The van der Waals surface area contributed by atoms with Crippen LogP contribution in [0.25, 0.3) is 0 Å². The maximum absolute atomic E-state index is 11.2. The number of rotatable bonds is 2. The van der Waals surface area contributed by atoms with E-state index in [0.717, 1.165) is 37.6 Å². The van der Waals surface area contributed by atoms with Gasteiger partial charge in [-0.2, -0.15) is 0 Å². The fourth-order valence-electron chi connectivity index (χ4n) is 2.43. The predicted octanol–water partition coefficient (Wildman–Crippen LogP) is 2.23. The van der Waals surface area contributed by atoms with Gasteiger partial charge in [0.15, 0.2) is 0 Å². The summed E-state index contributed by atoms with van der Waals surface area (Å²) in [6.45, 7) is 6.30. The molecule has 0 unspecified atom stereocenters. The Morgan fingerprint density at radius 3 is 2.79 bits per heavy atom. The predicted molar refractivity (Wildman–Crippen MR) is 77.2 cm³/mol. The molecule has 0 radical (unpaired) electrons. The SMILES string of the molecule is Cc1cc(Cl)ccc1CN1CCCN(C(N)=O)CC1. The van der Waals surface area contributed by atoms with Crippen LogP contribution in [0.5, 0.6) is 0 Å². The molecular formula is C14H20ClN3O. The number of carbonyl (C=O) groups is 1. The highest BCUT2D eigenvalue weighted by atomic mass is 35.5. The Morgan fingerprint density at radius 2 is 2.11 bits per heavy atom. The van der Waals surface area contributed by atoms with Gasteiger partial charge >= 0.3 is 6.03 Å². The largest absolute Gasteiger partial charge is 0.351 e. The summed E-state index contributed by atoms with van der Waals surface area (Å²) in [7, 11) is 0. The summed E-state index contributed by atoms with van der Waals surface area (Å²) in [5, 5.41) is 0.775. The molecular weight excluding hydrogens is 262 g/mol. The second-order valence-electron chi connectivity index (χ2n) is 5.03. The van der Waals surface area contributed by atoms with Crippen molar-refractivity contribution in [1.82, 2.24) is 9.80 Å². The van der Waals surface area contributed by atoms with Gasteiger partial charge < -0.3 is 10.6 Å². The fraction of sp³-hybridized carbons (Fsp3) is 0.500. The quantitative estimate of drug-likeness (QED) is 0.904. The fourth-order valence-corrected chi connectivity index (χ4v) is 2.65. The van der Waals surface area contributed by atoms with Gasteiger partial charge in [-0.3, -0.25) is 4.90 Å². The molecule has 0 saturated carbocycles. The van der Waals surface area contributed by atoms with Gasteiger partial charge in [0.05, 0.1) is 0 Å². The minimum atomic E-state index is -0.315. The summed E-state index contributed by atoms with van der Waals surface area (Å²) in [4.78, 5) is 15.3. The van der Waals surface area contributed by atoms with E-state index >= 15 is 0 Å². The number of nitrogens with zero attached hydrogens (tertiary/aromatic N) is 2. The maximum atomic E-state index is 11.2. The van der Waals surface area contributed by atoms with E-state index in [-0.39, 0.29) is 6.03 Å². The minimum absolute atomic E-state index is 0.315. The molecule has 4 nitrogen and oxygen atoms in total. The molecule has 1 aliphatic rings. The minimum Gasteiger partial charge on any atom is -0.351 e. The lowest BCUT2D eigenvalue weighted by molar-refractivity contribution is 0.207. The number of amides is 2. The van der Waals surface area contributed by atoms with Crippen LogP contribution >= 0.6 is 11.6 Å². The lowest BCUT2D eigenvalue weighted by Gasteiger charge is -2.21. The van der Waals surface area contributed by atoms with Gasteiger partial charge in [-0.15, -0.1) is 0 Å².